The highest BCUT2D eigenvalue weighted by atomic mass is 16.2. The van der Waals surface area contributed by atoms with E-state index in [1.807, 2.05) is 39.0 Å². The van der Waals surface area contributed by atoms with Crippen LogP contribution in [0.4, 0.5) is 0 Å². The summed E-state index contributed by atoms with van der Waals surface area (Å²) in [5, 5.41) is 12.1. The number of aryl methyl sites for hydroxylation is 2. The maximum Gasteiger partial charge on any atom is 0.416 e. The van der Waals surface area contributed by atoms with Gasteiger partial charge in [0.05, 0.1) is 6.04 Å². The van der Waals surface area contributed by atoms with Crippen LogP contribution in [-0.4, -0.2) is 53.8 Å². The van der Waals surface area contributed by atoms with Crippen LogP contribution in [0.1, 0.15) is 71.5 Å². The van der Waals surface area contributed by atoms with Gasteiger partial charge in [-0.2, -0.15) is 0 Å². The van der Waals surface area contributed by atoms with Crippen LogP contribution in [-0.2, 0) is 0 Å². The van der Waals surface area contributed by atoms with Crippen molar-refractivity contribution in [3.63, 3.8) is 0 Å². The topological polar surface area (TPSA) is 72.9 Å². The SMILES string of the molecule is C=Cc1ccc(C(=O)NN(C(=O)c2cc(C)cc(C)c2)C(CC)C(C)(C)C)cc1B(O)N(C)C. The number of hydrogen-bond acceptors (Lipinski definition) is 4. The molecule has 7 heteroatoms. The first-order valence-corrected chi connectivity index (χ1v) is 11.6. The van der Waals surface area contributed by atoms with E-state index in [2.05, 4.69) is 32.8 Å². The summed E-state index contributed by atoms with van der Waals surface area (Å²) in [6, 6.07) is 10.5. The molecule has 2 aromatic carbocycles. The van der Waals surface area contributed by atoms with Crippen LogP contribution in [0.3, 0.4) is 0 Å². The lowest BCUT2D eigenvalue weighted by molar-refractivity contribution is 0.0285. The first kappa shape index (κ1) is 27.4. The minimum atomic E-state index is -0.897. The monoisotopic (exact) mass is 463 g/mol. The lowest BCUT2D eigenvalue weighted by Crippen LogP contribution is -2.56. The summed E-state index contributed by atoms with van der Waals surface area (Å²) in [5.41, 5.74) is 6.78. The van der Waals surface area contributed by atoms with Gasteiger partial charge in [0.25, 0.3) is 11.8 Å². The fourth-order valence-corrected chi connectivity index (χ4v) is 4.27. The zero-order valence-electron chi connectivity index (χ0n) is 21.8. The highest BCUT2D eigenvalue weighted by molar-refractivity contribution is 6.64. The van der Waals surface area contributed by atoms with Crippen LogP contribution in [0, 0.1) is 19.3 Å². The summed E-state index contributed by atoms with van der Waals surface area (Å²) in [6.45, 7) is 15.9. The first-order chi connectivity index (χ1) is 15.8. The van der Waals surface area contributed by atoms with Gasteiger partial charge >= 0.3 is 7.05 Å². The molecule has 0 radical (unpaired) electrons. The van der Waals surface area contributed by atoms with E-state index in [-0.39, 0.29) is 17.4 Å². The summed E-state index contributed by atoms with van der Waals surface area (Å²) in [5.74, 6) is -0.665. The molecule has 0 spiro atoms. The Labute approximate surface area is 204 Å². The molecule has 0 heterocycles. The molecule has 6 nitrogen and oxygen atoms in total. The van der Waals surface area contributed by atoms with Crippen LogP contribution in [0.5, 0.6) is 0 Å². The van der Waals surface area contributed by atoms with Crippen molar-refractivity contribution in [2.24, 2.45) is 5.41 Å². The molecule has 0 aliphatic rings. The Morgan fingerprint density at radius 3 is 2.15 bits per heavy atom. The minimum absolute atomic E-state index is 0.232. The van der Waals surface area contributed by atoms with Gasteiger partial charge in [-0.05, 0) is 69.0 Å². The largest absolute Gasteiger partial charge is 0.433 e. The van der Waals surface area contributed by atoms with Crippen LogP contribution in [0.15, 0.2) is 43.0 Å². The van der Waals surface area contributed by atoms with Crippen molar-refractivity contribution in [3.8, 4) is 0 Å². The lowest BCUT2D eigenvalue weighted by Gasteiger charge is -2.39. The molecule has 2 N–H and O–H groups in total. The molecule has 0 bridgehead atoms. The molecule has 1 unspecified atom stereocenters. The van der Waals surface area contributed by atoms with Crippen LogP contribution < -0.4 is 10.9 Å². The molecule has 34 heavy (non-hydrogen) atoms. The van der Waals surface area contributed by atoms with Crippen molar-refractivity contribution in [2.45, 2.75) is 54.0 Å². The molecule has 182 valence electrons. The lowest BCUT2D eigenvalue weighted by atomic mass is 9.69. The van der Waals surface area contributed by atoms with E-state index in [1.54, 1.807) is 43.2 Å². The van der Waals surface area contributed by atoms with Crippen molar-refractivity contribution < 1.29 is 14.6 Å². The average molecular weight is 463 g/mol. The zero-order chi connectivity index (χ0) is 25.8. The Bertz CT molecular complexity index is 1040. The van der Waals surface area contributed by atoms with Gasteiger partial charge in [-0.3, -0.25) is 15.0 Å². The van der Waals surface area contributed by atoms with Gasteiger partial charge in [-0.25, -0.2) is 5.01 Å². The second-order valence-electron chi connectivity index (χ2n) is 10.2. The second kappa shape index (κ2) is 11.0. The number of hydrazine groups is 1. The molecule has 0 saturated carbocycles. The molecule has 0 aliphatic heterocycles. The van der Waals surface area contributed by atoms with Crippen molar-refractivity contribution >= 4 is 30.4 Å². The molecule has 2 rings (SSSR count). The standard InChI is InChI=1S/C27H38BN3O3/c1-10-20-12-13-21(17-23(20)28(34)30(8)9)25(32)29-31(24(11-2)27(5,6)7)26(33)22-15-18(3)14-19(4)16-22/h10,12-17,24,34H,1,11H2,2-9H3,(H,29,32). The van der Waals surface area contributed by atoms with E-state index < -0.39 is 13.0 Å². The van der Waals surface area contributed by atoms with E-state index in [9.17, 15) is 14.6 Å². The Balaban J connectivity index is 2.51. The van der Waals surface area contributed by atoms with E-state index in [0.29, 0.717) is 23.0 Å². The van der Waals surface area contributed by atoms with Crippen molar-refractivity contribution in [1.29, 1.82) is 0 Å². The predicted octanol–water partition coefficient (Wildman–Crippen LogP) is 3.81. The number of carbonyl (C=O) groups excluding carboxylic acids is 2. The molecular formula is C27H38BN3O3. The molecule has 0 aromatic heterocycles. The Morgan fingerprint density at radius 2 is 1.68 bits per heavy atom. The number of nitrogens with one attached hydrogen (secondary N) is 1. The summed E-state index contributed by atoms with van der Waals surface area (Å²) < 4.78 is 0. The summed E-state index contributed by atoms with van der Waals surface area (Å²) >= 11 is 0. The highest BCUT2D eigenvalue weighted by Crippen LogP contribution is 2.27. The van der Waals surface area contributed by atoms with E-state index in [4.69, 9.17) is 0 Å². The van der Waals surface area contributed by atoms with Crippen molar-refractivity contribution in [2.75, 3.05) is 14.1 Å². The van der Waals surface area contributed by atoms with E-state index >= 15 is 0 Å². The van der Waals surface area contributed by atoms with Gasteiger partial charge in [0.15, 0.2) is 0 Å². The smallest absolute Gasteiger partial charge is 0.416 e. The van der Waals surface area contributed by atoms with Gasteiger partial charge < -0.3 is 9.83 Å². The quantitative estimate of drug-likeness (QED) is 0.484. The molecular weight excluding hydrogens is 425 g/mol. The maximum absolute atomic E-state index is 13.7. The third-order valence-corrected chi connectivity index (χ3v) is 5.94. The second-order valence-corrected chi connectivity index (χ2v) is 10.2. The molecule has 2 aromatic rings. The predicted molar refractivity (Wildman–Crippen MR) is 141 cm³/mol. The first-order valence-electron chi connectivity index (χ1n) is 11.6. The Hall–Kier alpha value is -2.90. The fraction of sp³-hybridized carbons (Fsp3) is 0.407. The van der Waals surface area contributed by atoms with Gasteiger partial charge in [0.1, 0.15) is 0 Å². The van der Waals surface area contributed by atoms with Gasteiger partial charge in [-0.1, -0.05) is 69.7 Å². The third kappa shape index (κ3) is 6.36. The fourth-order valence-electron chi connectivity index (χ4n) is 4.27. The molecule has 2 amide bonds. The van der Waals surface area contributed by atoms with Crippen LogP contribution in [0.25, 0.3) is 6.08 Å². The average Bonchev–Trinajstić information content (AvgIpc) is 2.75. The minimum Gasteiger partial charge on any atom is -0.433 e. The molecule has 0 aliphatic carbocycles. The Kier molecular flexibility index (Phi) is 8.86. The zero-order valence-corrected chi connectivity index (χ0v) is 21.8. The number of amides is 2. The summed E-state index contributed by atoms with van der Waals surface area (Å²) in [6.07, 6.45) is 2.31. The van der Waals surface area contributed by atoms with E-state index in [1.165, 1.54) is 5.01 Å². The summed E-state index contributed by atoms with van der Waals surface area (Å²) in [4.78, 5) is 28.7. The normalized spacial score (nSPS) is 12.3. The number of hydrogen-bond donors (Lipinski definition) is 2. The highest BCUT2D eigenvalue weighted by Gasteiger charge is 2.34. The number of carbonyl (C=O) groups is 2. The third-order valence-electron chi connectivity index (χ3n) is 5.94. The van der Waals surface area contributed by atoms with Crippen molar-refractivity contribution in [1.82, 2.24) is 15.2 Å². The van der Waals surface area contributed by atoms with Gasteiger partial charge in [0.2, 0.25) is 0 Å². The molecule has 0 saturated heterocycles. The molecule has 1 atom stereocenters. The van der Waals surface area contributed by atoms with Gasteiger partial charge in [-0.15, -0.1) is 0 Å². The van der Waals surface area contributed by atoms with Gasteiger partial charge in [0, 0.05) is 11.1 Å². The molecule has 0 fully saturated rings. The van der Waals surface area contributed by atoms with Crippen molar-refractivity contribution in [3.05, 3.63) is 70.8 Å². The number of rotatable bonds is 7. The number of benzene rings is 2. The number of nitrogens with zero attached hydrogens (tertiary/aromatic N) is 2. The summed E-state index contributed by atoms with van der Waals surface area (Å²) in [7, 11) is 2.61. The van der Waals surface area contributed by atoms with E-state index in [0.717, 1.165) is 16.7 Å². The Morgan fingerprint density at radius 1 is 1.09 bits per heavy atom. The van der Waals surface area contributed by atoms with Crippen LogP contribution in [0.2, 0.25) is 0 Å². The maximum atomic E-state index is 13.7. The van der Waals surface area contributed by atoms with Crippen LogP contribution >= 0.6 is 0 Å².